The summed E-state index contributed by atoms with van der Waals surface area (Å²) in [6.45, 7) is 5.41. The van der Waals surface area contributed by atoms with Crippen LogP contribution in [0.5, 0.6) is 0 Å². The van der Waals surface area contributed by atoms with Crippen LogP contribution in [0.25, 0.3) is 0 Å². The molecule has 98 valence electrons. The van der Waals surface area contributed by atoms with Crippen molar-refractivity contribution < 1.29 is 9.90 Å². The zero-order valence-electron chi connectivity index (χ0n) is 10.8. The normalized spacial score (nSPS) is 29.1. The summed E-state index contributed by atoms with van der Waals surface area (Å²) in [5, 5.41) is 9.65. The molecule has 17 heavy (non-hydrogen) atoms. The van der Waals surface area contributed by atoms with E-state index in [0.29, 0.717) is 6.54 Å². The summed E-state index contributed by atoms with van der Waals surface area (Å²) < 4.78 is 0. The second-order valence-electron chi connectivity index (χ2n) is 5.35. The number of rotatable bonds is 2. The number of aliphatic hydroxyl groups excluding tert-OH is 1. The van der Waals surface area contributed by atoms with Gasteiger partial charge in [0.25, 0.3) is 0 Å². The second-order valence-corrected chi connectivity index (χ2v) is 5.35. The Balaban J connectivity index is 1.89. The summed E-state index contributed by atoms with van der Waals surface area (Å²) >= 11 is 0. The van der Waals surface area contributed by atoms with Crippen molar-refractivity contribution in [1.29, 1.82) is 0 Å². The van der Waals surface area contributed by atoms with Crippen molar-refractivity contribution in [2.75, 3.05) is 26.2 Å². The minimum absolute atomic E-state index is 0.0666. The van der Waals surface area contributed by atoms with Gasteiger partial charge in [0, 0.05) is 19.6 Å². The number of hydrogen-bond acceptors (Lipinski definition) is 3. The maximum atomic E-state index is 12.3. The first-order chi connectivity index (χ1) is 8.18. The van der Waals surface area contributed by atoms with Crippen LogP contribution in [0.3, 0.4) is 0 Å². The fraction of sp³-hybridized carbons (Fsp3) is 0.923. The number of nitrogens with zero attached hydrogens (tertiary/aromatic N) is 2. The molecule has 2 heterocycles. The predicted octanol–water partition coefficient (Wildman–Crippen LogP) is 0.844. The molecule has 4 heteroatoms. The van der Waals surface area contributed by atoms with Gasteiger partial charge in [-0.15, -0.1) is 0 Å². The Morgan fingerprint density at radius 2 is 1.88 bits per heavy atom. The lowest BCUT2D eigenvalue weighted by Crippen LogP contribution is -2.52. The van der Waals surface area contributed by atoms with Crippen LogP contribution < -0.4 is 0 Å². The average Bonchev–Trinajstić information content (AvgIpc) is 2.38. The van der Waals surface area contributed by atoms with E-state index < -0.39 is 0 Å². The lowest BCUT2D eigenvalue weighted by molar-refractivity contribution is -0.138. The highest BCUT2D eigenvalue weighted by Crippen LogP contribution is 2.16. The largest absolute Gasteiger partial charge is 0.392 e. The molecule has 2 rings (SSSR count). The van der Waals surface area contributed by atoms with Crippen molar-refractivity contribution >= 4 is 5.91 Å². The molecule has 1 N–H and O–H groups in total. The molecule has 1 amide bonds. The Hall–Kier alpha value is -0.610. The molecule has 0 aromatic heterocycles. The molecular weight excluding hydrogens is 216 g/mol. The zero-order chi connectivity index (χ0) is 12.3. The van der Waals surface area contributed by atoms with Gasteiger partial charge in [-0.05, 0) is 45.6 Å². The van der Waals surface area contributed by atoms with E-state index in [4.69, 9.17) is 0 Å². The number of likely N-dealkylation sites (tertiary alicyclic amines) is 2. The Bertz CT molecular complexity index is 264. The molecule has 0 saturated carbocycles. The van der Waals surface area contributed by atoms with Crippen LogP contribution in [0.2, 0.25) is 0 Å². The summed E-state index contributed by atoms with van der Waals surface area (Å²) in [5.74, 6) is 0.249. The maximum Gasteiger partial charge on any atom is 0.239 e. The molecule has 2 atom stereocenters. The number of carbonyl (C=O) groups excluding carboxylic acids is 1. The van der Waals surface area contributed by atoms with Gasteiger partial charge in [0.05, 0.1) is 12.1 Å². The summed E-state index contributed by atoms with van der Waals surface area (Å²) in [7, 11) is 0. The lowest BCUT2D eigenvalue weighted by Gasteiger charge is -2.37. The van der Waals surface area contributed by atoms with Crippen molar-refractivity contribution in [2.24, 2.45) is 0 Å². The summed E-state index contributed by atoms with van der Waals surface area (Å²) in [4.78, 5) is 16.4. The first kappa shape index (κ1) is 12.8. The highest BCUT2D eigenvalue weighted by Gasteiger charge is 2.29. The van der Waals surface area contributed by atoms with Crippen LogP contribution in [0, 0.1) is 0 Å². The molecule has 0 aliphatic carbocycles. The Morgan fingerprint density at radius 3 is 2.53 bits per heavy atom. The third-order valence-corrected chi connectivity index (χ3v) is 4.00. The van der Waals surface area contributed by atoms with Crippen molar-refractivity contribution in [1.82, 2.24) is 9.80 Å². The first-order valence-electron chi connectivity index (χ1n) is 6.89. The van der Waals surface area contributed by atoms with E-state index in [1.807, 2.05) is 11.8 Å². The van der Waals surface area contributed by atoms with E-state index in [2.05, 4.69) is 4.90 Å². The molecule has 0 aromatic rings. The lowest BCUT2D eigenvalue weighted by atomic mass is 10.0. The maximum absolute atomic E-state index is 12.3. The predicted molar refractivity (Wildman–Crippen MR) is 66.7 cm³/mol. The van der Waals surface area contributed by atoms with Gasteiger partial charge in [-0.3, -0.25) is 9.69 Å². The highest BCUT2D eigenvalue weighted by atomic mass is 16.3. The van der Waals surface area contributed by atoms with Crippen LogP contribution in [0.1, 0.15) is 39.0 Å². The molecule has 0 aromatic carbocycles. The van der Waals surface area contributed by atoms with Gasteiger partial charge in [-0.25, -0.2) is 0 Å². The Morgan fingerprint density at radius 1 is 1.18 bits per heavy atom. The van der Waals surface area contributed by atoms with E-state index in [0.717, 1.165) is 45.3 Å². The van der Waals surface area contributed by atoms with Gasteiger partial charge in [0.2, 0.25) is 5.91 Å². The molecule has 2 aliphatic rings. The van der Waals surface area contributed by atoms with Gasteiger partial charge < -0.3 is 10.0 Å². The summed E-state index contributed by atoms with van der Waals surface area (Å²) in [6.07, 6.45) is 5.16. The molecule has 2 saturated heterocycles. The van der Waals surface area contributed by atoms with Gasteiger partial charge >= 0.3 is 0 Å². The van der Waals surface area contributed by atoms with Crippen molar-refractivity contribution in [3.8, 4) is 0 Å². The standard InChI is InChI=1S/C13H24N2O2/c1-11(15-9-5-6-12(16)10-15)13(17)14-7-3-2-4-8-14/h11-12,16H,2-10H2,1H3/t11?,12-/m0/s1. The average molecular weight is 240 g/mol. The molecule has 0 spiro atoms. The molecule has 0 bridgehead atoms. The summed E-state index contributed by atoms with van der Waals surface area (Å²) in [6, 6.07) is -0.0666. The quantitative estimate of drug-likeness (QED) is 0.778. The SMILES string of the molecule is CC(C(=O)N1CCCCC1)N1CCC[C@H](O)C1. The van der Waals surface area contributed by atoms with Crippen molar-refractivity contribution in [3.05, 3.63) is 0 Å². The van der Waals surface area contributed by atoms with Gasteiger partial charge in [-0.1, -0.05) is 0 Å². The zero-order valence-corrected chi connectivity index (χ0v) is 10.8. The molecule has 2 aliphatic heterocycles. The Labute approximate surface area is 104 Å². The third kappa shape index (κ3) is 3.19. The second kappa shape index (κ2) is 5.83. The van der Waals surface area contributed by atoms with Crippen LogP contribution >= 0.6 is 0 Å². The molecular formula is C13H24N2O2. The third-order valence-electron chi connectivity index (χ3n) is 4.00. The number of β-amino-alcohol motifs (C(OH)–C–C–N with tert-alkyl or cyclic N) is 1. The number of carbonyl (C=O) groups is 1. The molecule has 2 fully saturated rings. The number of amides is 1. The first-order valence-corrected chi connectivity index (χ1v) is 6.89. The Kier molecular flexibility index (Phi) is 4.40. The van der Waals surface area contributed by atoms with E-state index in [1.165, 1.54) is 6.42 Å². The highest BCUT2D eigenvalue weighted by molar-refractivity contribution is 5.81. The van der Waals surface area contributed by atoms with E-state index in [1.54, 1.807) is 0 Å². The van der Waals surface area contributed by atoms with Crippen molar-refractivity contribution in [3.63, 3.8) is 0 Å². The van der Waals surface area contributed by atoms with Crippen molar-refractivity contribution in [2.45, 2.75) is 51.2 Å². The monoisotopic (exact) mass is 240 g/mol. The van der Waals surface area contributed by atoms with Crippen LogP contribution in [-0.4, -0.2) is 59.1 Å². The van der Waals surface area contributed by atoms with E-state index in [9.17, 15) is 9.90 Å². The number of hydrogen-bond donors (Lipinski definition) is 1. The van der Waals surface area contributed by atoms with Gasteiger partial charge in [0.1, 0.15) is 0 Å². The van der Waals surface area contributed by atoms with Crippen LogP contribution in [0.4, 0.5) is 0 Å². The van der Waals surface area contributed by atoms with Crippen LogP contribution in [-0.2, 0) is 4.79 Å². The van der Waals surface area contributed by atoms with Gasteiger partial charge in [0.15, 0.2) is 0 Å². The minimum atomic E-state index is -0.250. The summed E-state index contributed by atoms with van der Waals surface area (Å²) in [5.41, 5.74) is 0. The topological polar surface area (TPSA) is 43.8 Å². The molecule has 0 radical (unpaired) electrons. The smallest absolute Gasteiger partial charge is 0.239 e. The molecule has 1 unspecified atom stereocenters. The minimum Gasteiger partial charge on any atom is -0.392 e. The fourth-order valence-corrected chi connectivity index (χ4v) is 2.87. The van der Waals surface area contributed by atoms with E-state index in [-0.39, 0.29) is 18.1 Å². The van der Waals surface area contributed by atoms with E-state index >= 15 is 0 Å². The number of piperidine rings is 2. The fourth-order valence-electron chi connectivity index (χ4n) is 2.87. The number of aliphatic hydroxyl groups is 1. The van der Waals surface area contributed by atoms with Crippen LogP contribution in [0.15, 0.2) is 0 Å². The molecule has 4 nitrogen and oxygen atoms in total. The van der Waals surface area contributed by atoms with Gasteiger partial charge in [-0.2, -0.15) is 0 Å².